The molecule has 0 saturated heterocycles. The van der Waals surface area contributed by atoms with Crippen LogP contribution in [0.5, 0.6) is 5.75 Å². The summed E-state index contributed by atoms with van der Waals surface area (Å²) in [6.45, 7) is 1.99. The summed E-state index contributed by atoms with van der Waals surface area (Å²) in [5.41, 5.74) is 13.2. The molecule has 3 aromatic carbocycles. The van der Waals surface area contributed by atoms with E-state index in [0.29, 0.717) is 41.9 Å². The largest absolute Gasteiger partial charge is 0.495 e. The first-order valence-electron chi connectivity index (χ1n) is 13.0. The average molecular weight is 540 g/mol. The van der Waals surface area contributed by atoms with Gasteiger partial charge in [0, 0.05) is 17.2 Å². The Hall–Kier alpha value is -4.86. The number of ether oxygens (including phenoxy) is 1. The topological polar surface area (TPSA) is 95.8 Å². The molecule has 2 aliphatic rings. The molecule has 0 radical (unpaired) electrons. The van der Waals surface area contributed by atoms with E-state index in [9.17, 15) is 8.78 Å². The lowest BCUT2D eigenvalue weighted by Crippen LogP contribution is -2.07. The predicted octanol–water partition coefficient (Wildman–Crippen LogP) is 6.34. The zero-order valence-electron chi connectivity index (χ0n) is 22.1. The fraction of sp³-hybridized carbons (Fsp3) is 0.200. The summed E-state index contributed by atoms with van der Waals surface area (Å²) in [4.78, 5) is 9.21. The second-order valence-electron chi connectivity index (χ2n) is 9.73. The fourth-order valence-corrected chi connectivity index (χ4v) is 5.02. The van der Waals surface area contributed by atoms with E-state index in [1.54, 1.807) is 37.4 Å². The highest BCUT2D eigenvalue weighted by Crippen LogP contribution is 2.29. The van der Waals surface area contributed by atoms with E-state index in [1.807, 2.05) is 25.1 Å². The number of nitrogens with one attached hydrogen (secondary N) is 3. The highest BCUT2D eigenvalue weighted by Gasteiger charge is 2.20. The van der Waals surface area contributed by atoms with Gasteiger partial charge in [-0.1, -0.05) is 6.07 Å². The van der Waals surface area contributed by atoms with Gasteiger partial charge in [-0.2, -0.15) is 20.2 Å². The predicted molar refractivity (Wildman–Crippen MR) is 153 cm³/mol. The molecule has 2 aliphatic carbocycles. The first-order chi connectivity index (χ1) is 19.4. The normalized spacial score (nSPS) is 15.7. The van der Waals surface area contributed by atoms with Crippen LogP contribution >= 0.6 is 0 Å². The molecule has 0 spiro atoms. The Labute approximate surface area is 230 Å². The van der Waals surface area contributed by atoms with Gasteiger partial charge in [-0.15, -0.1) is 0 Å². The summed E-state index contributed by atoms with van der Waals surface area (Å²) in [6, 6.07) is 17.0. The molecule has 10 heteroatoms. The van der Waals surface area contributed by atoms with Gasteiger partial charge in [0.05, 0.1) is 24.2 Å². The summed E-state index contributed by atoms with van der Waals surface area (Å²) in [6.07, 6.45) is 2.85. The van der Waals surface area contributed by atoms with Gasteiger partial charge in [0.15, 0.2) is 11.6 Å². The van der Waals surface area contributed by atoms with Gasteiger partial charge in [-0.25, -0.2) is 8.78 Å². The number of halogens is 2. The van der Waals surface area contributed by atoms with Gasteiger partial charge >= 0.3 is 0 Å². The minimum Gasteiger partial charge on any atom is -0.495 e. The number of fused-ring (bicyclic) bond motifs is 2. The van der Waals surface area contributed by atoms with Crippen molar-refractivity contribution in [1.82, 2.24) is 9.97 Å². The maximum absolute atomic E-state index is 13.6. The van der Waals surface area contributed by atoms with Crippen LogP contribution in [0.25, 0.3) is 0 Å². The Balaban J connectivity index is 1.31. The molecule has 6 rings (SSSR count). The molecule has 0 fully saturated rings. The van der Waals surface area contributed by atoms with Crippen LogP contribution in [0.1, 0.15) is 40.7 Å². The quantitative estimate of drug-likeness (QED) is 0.237. The molecular formula is C30H27F2N7O. The molecule has 3 N–H and O–H groups in total. The third-order valence-electron chi connectivity index (χ3n) is 6.96. The van der Waals surface area contributed by atoms with Crippen LogP contribution in [0.4, 0.5) is 32.1 Å². The van der Waals surface area contributed by atoms with Gasteiger partial charge in [-0.05, 0) is 97.8 Å². The second kappa shape index (κ2) is 10.7. The van der Waals surface area contributed by atoms with E-state index < -0.39 is 0 Å². The summed E-state index contributed by atoms with van der Waals surface area (Å²) >= 11 is 0. The number of rotatable bonds is 7. The van der Waals surface area contributed by atoms with Crippen LogP contribution in [-0.4, -0.2) is 28.5 Å². The van der Waals surface area contributed by atoms with Gasteiger partial charge in [0.25, 0.3) is 0 Å². The second-order valence-corrected chi connectivity index (χ2v) is 9.73. The van der Waals surface area contributed by atoms with Crippen LogP contribution in [-0.2, 0) is 12.8 Å². The van der Waals surface area contributed by atoms with E-state index >= 15 is 0 Å². The maximum atomic E-state index is 13.6. The van der Waals surface area contributed by atoms with Crippen molar-refractivity contribution in [2.24, 2.45) is 10.2 Å². The van der Waals surface area contributed by atoms with Gasteiger partial charge < -0.3 is 10.1 Å². The van der Waals surface area contributed by atoms with Crippen molar-refractivity contribution in [1.29, 1.82) is 0 Å². The molecule has 0 unspecified atom stereocenters. The van der Waals surface area contributed by atoms with Crippen molar-refractivity contribution in [3.05, 3.63) is 100 Å². The standard InChI is InChI=1S/C30H27F2N7O/c1-17-3-12-27(40-2)26(13-17)33-30-34-28(38-36-24-10-4-18-14-20(31)6-8-22(18)24)16-29(35-30)39-37-25-11-5-19-15-21(32)7-9-23(19)25/h3,6-9,12-16H,4-5,10-11H2,1-2H3,(H3,33,34,35,38,39). The first-order valence-corrected chi connectivity index (χ1v) is 13.0. The van der Waals surface area contributed by atoms with Crippen molar-refractivity contribution in [3.63, 3.8) is 0 Å². The van der Waals surface area contributed by atoms with Crippen LogP contribution in [0.3, 0.4) is 0 Å². The number of benzene rings is 3. The molecular weight excluding hydrogens is 512 g/mol. The zero-order valence-corrected chi connectivity index (χ0v) is 22.1. The smallest absolute Gasteiger partial charge is 0.231 e. The molecule has 0 bridgehead atoms. The van der Waals surface area contributed by atoms with Crippen LogP contribution in [0, 0.1) is 18.6 Å². The summed E-state index contributed by atoms with van der Waals surface area (Å²) in [7, 11) is 1.60. The van der Waals surface area contributed by atoms with Crippen molar-refractivity contribution >= 4 is 34.7 Å². The monoisotopic (exact) mass is 539 g/mol. The number of aryl methyl sites for hydroxylation is 3. The van der Waals surface area contributed by atoms with Crippen molar-refractivity contribution < 1.29 is 13.5 Å². The third-order valence-corrected chi connectivity index (χ3v) is 6.96. The first kappa shape index (κ1) is 25.4. The molecule has 4 aromatic rings. The highest BCUT2D eigenvalue weighted by molar-refractivity contribution is 6.05. The van der Waals surface area contributed by atoms with Gasteiger partial charge in [-0.3, -0.25) is 10.9 Å². The molecule has 0 saturated carbocycles. The van der Waals surface area contributed by atoms with Crippen molar-refractivity contribution in [2.75, 3.05) is 23.3 Å². The number of hydrazone groups is 2. The molecule has 202 valence electrons. The molecule has 0 amide bonds. The number of anilines is 4. The Morgan fingerprint density at radius 1 is 0.725 bits per heavy atom. The number of nitrogens with zero attached hydrogens (tertiary/aromatic N) is 4. The van der Waals surface area contributed by atoms with E-state index in [2.05, 4.69) is 36.3 Å². The maximum Gasteiger partial charge on any atom is 0.231 e. The van der Waals surface area contributed by atoms with Crippen LogP contribution < -0.4 is 20.9 Å². The van der Waals surface area contributed by atoms with E-state index in [4.69, 9.17) is 4.74 Å². The fourth-order valence-electron chi connectivity index (χ4n) is 5.02. The third kappa shape index (κ3) is 5.33. The van der Waals surface area contributed by atoms with E-state index in [1.165, 1.54) is 12.1 Å². The van der Waals surface area contributed by atoms with Crippen molar-refractivity contribution in [2.45, 2.75) is 32.6 Å². The Morgan fingerprint density at radius 2 is 1.30 bits per heavy atom. The minimum atomic E-state index is -0.251. The minimum absolute atomic E-state index is 0.251. The Bertz CT molecular complexity index is 1580. The van der Waals surface area contributed by atoms with Crippen LogP contribution in [0.15, 0.2) is 70.9 Å². The number of methoxy groups -OCH3 is 1. The van der Waals surface area contributed by atoms with Gasteiger partial charge in [0.2, 0.25) is 5.95 Å². The lowest BCUT2D eigenvalue weighted by Gasteiger charge is -2.13. The molecule has 1 aromatic heterocycles. The average Bonchev–Trinajstić information content (AvgIpc) is 3.53. The van der Waals surface area contributed by atoms with Crippen molar-refractivity contribution in [3.8, 4) is 5.75 Å². The lowest BCUT2D eigenvalue weighted by molar-refractivity contribution is 0.416. The van der Waals surface area contributed by atoms with Crippen LogP contribution in [0.2, 0.25) is 0 Å². The summed E-state index contributed by atoms with van der Waals surface area (Å²) in [5.74, 6) is 1.32. The number of hydrogen-bond acceptors (Lipinski definition) is 8. The lowest BCUT2D eigenvalue weighted by atomic mass is 10.1. The molecule has 0 aliphatic heterocycles. The highest BCUT2D eigenvalue weighted by atomic mass is 19.1. The SMILES string of the molecule is COc1ccc(C)cc1Nc1nc(NN=C2CCc3cc(F)ccc32)cc(NN=C2CCc3cc(F)ccc32)n1. The Kier molecular flexibility index (Phi) is 6.81. The van der Waals surface area contributed by atoms with E-state index in [0.717, 1.165) is 52.1 Å². The van der Waals surface area contributed by atoms with E-state index in [-0.39, 0.29) is 11.6 Å². The Morgan fingerprint density at radius 3 is 1.85 bits per heavy atom. The number of hydrogen-bond donors (Lipinski definition) is 3. The summed E-state index contributed by atoms with van der Waals surface area (Å²) < 4.78 is 32.8. The molecule has 40 heavy (non-hydrogen) atoms. The summed E-state index contributed by atoms with van der Waals surface area (Å²) in [5, 5.41) is 12.4. The molecule has 1 heterocycles. The molecule has 8 nitrogen and oxygen atoms in total. The molecule has 0 atom stereocenters. The zero-order chi connectivity index (χ0) is 27.6. The number of aromatic nitrogens is 2. The van der Waals surface area contributed by atoms with Gasteiger partial charge in [0.1, 0.15) is 17.4 Å².